The first-order valence-corrected chi connectivity index (χ1v) is 7.63. The van der Waals surface area contributed by atoms with Crippen molar-refractivity contribution in [3.63, 3.8) is 0 Å². The Kier molecular flexibility index (Phi) is 4.86. The minimum Gasteiger partial charge on any atom is -0.329 e. The molecule has 2 N–H and O–H groups in total. The van der Waals surface area contributed by atoms with E-state index in [9.17, 15) is 0 Å². The molecule has 2 unspecified atom stereocenters. The summed E-state index contributed by atoms with van der Waals surface area (Å²) < 4.78 is 0.863. The molecule has 1 saturated heterocycles. The van der Waals surface area contributed by atoms with Crippen molar-refractivity contribution in [3.8, 4) is 0 Å². The molecule has 4 heteroatoms. The van der Waals surface area contributed by atoms with E-state index in [-0.39, 0.29) is 0 Å². The summed E-state index contributed by atoms with van der Waals surface area (Å²) in [6.45, 7) is 5.34. The Morgan fingerprint density at radius 2 is 2.41 bits per heavy atom. The van der Waals surface area contributed by atoms with Crippen molar-refractivity contribution < 1.29 is 0 Å². The first kappa shape index (κ1) is 13.3. The Bertz CT molecular complexity index is 353. The van der Waals surface area contributed by atoms with Gasteiger partial charge >= 0.3 is 0 Å². The summed E-state index contributed by atoms with van der Waals surface area (Å²) in [5, 5.41) is 0. The van der Waals surface area contributed by atoms with Crippen LogP contribution in [0.15, 0.2) is 12.1 Å². The Hall–Kier alpha value is -0.0900. The Morgan fingerprint density at radius 3 is 3.00 bits per heavy atom. The van der Waals surface area contributed by atoms with Crippen molar-refractivity contribution in [2.24, 2.45) is 11.7 Å². The molecular weight excluding hydrogens is 252 g/mol. The molecule has 0 radical (unpaired) electrons. The van der Waals surface area contributed by atoms with Crippen molar-refractivity contribution in [2.75, 3.05) is 19.6 Å². The molecule has 1 fully saturated rings. The van der Waals surface area contributed by atoms with E-state index in [0.29, 0.717) is 12.6 Å². The lowest BCUT2D eigenvalue weighted by molar-refractivity contribution is 0.126. The van der Waals surface area contributed by atoms with Gasteiger partial charge in [-0.25, -0.2) is 0 Å². The molecule has 17 heavy (non-hydrogen) atoms. The third-order valence-electron chi connectivity index (χ3n) is 3.71. The van der Waals surface area contributed by atoms with Crippen LogP contribution in [0.4, 0.5) is 0 Å². The molecule has 1 aliphatic rings. The average Bonchev–Trinajstić information content (AvgIpc) is 2.77. The molecule has 0 amide bonds. The summed E-state index contributed by atoms with van der Waals surface area (Å²) in [7, 11) is 0. The molecule has 0 spiro atoms. The number of piperidine rings is 1. The van der Waals surface area contributed by atoms with Gasteiger partial charge < -0.3 is 5.73 Å². The van der Waals surface area contributed by atoms with Crippen LogP contribution in [0.5, 0.6) is 0 Å². The van der Waals surface area contributed by atoms with E-state index >= 15 is 0 Å². The lowest BCUT2D eigenvalue weighted by Gasteiger charge is -2.37. The van der Waals surface area contributed by atoms with Crippen LogP contribution >= 0.6 is 22.9 Å². The predicted molar refractivity (Wildman–Crippen MR) is 75.7 cm³/mol. The third-order valence-corrected chi connectivity index (χ3v) is 5.05. The van der Waals surface area contributed by atoms with Crippen LogP contribution in [-0.4, -0.2) is 24.5 Å². The number of hydrogen-bond acceptors (Lipinski definition) is 3. The number of rotatable bonds is 4. The summed E-state index contributed by atoms with van der Waals surface area (Å²) in [5.41, 5.74) is 5.95. The van der Waals surface area contributed by atoms with Crippen molar-refractivity contribution in [3.05, 3.63) is 21.3 Å². The number of nitrogens with two attached hydrogens (primary N) is 1. The fourth-order valence-corrected chi connectivity index (χ4v) is 3.88. The van der Waals surface area contributed by atoms with Crippen LogP contribution in [0.2, 0.25) is 4.34 Å². The molecule has 1 aliphatic heterocycles. The van der Waals surface area contributed by atoms with Crippen LogP contribution < -0.4 is 5.73 Å². The van der Waals surface area contributed by atoms with Gasteiger partial charge in [0.05, 0.1) is 10.4 Å². The van der Waals surface area contributed by atoms with Gasteiger partial charge in [0.15, 0.2) is 0 Å². The maximum absolute atomic E-state index is 6.02. The molecule has 1 aromatic heterocycles. The summed E-state index contributed by atoms with van der Waals surface area (Å²) in [5.74, 6) is 0.841. The number of nitrogens with zero attached hydrogens (tertiary/aromatic N) is 1. The van der Waals surface area contributed by atoms with E-state index in [2.05, 4.69) is 17.9 Å². The molecule has 96 valence electrons. The van der Waals surface area contributed by atoms with Gasteiger partial charge in [0, 0.05) is 18.0 Å². The van der Waals surface area contributed by atoms with Gasteiger partial charge in [0.25, 0.3) is 0 Å². The van der Waals surface area contributed by atoms with Crippen molar-refractivity contribution >= 4 is 22.9 Å². The predicted octanol–water partition coefficient (Wildman–Crippen LogP) is 3.52. The zero-order valence-electron chi connectivity index (χ0n) is 10.4. The fraction of sp³-hybridized carbons (Fsp3) is 0.692. The summed E-state index contributed by atoms with van der Waals surface area (Å²) in [6, 6.07) is 4.47. The first-order valence-electron chi connectivity index (χ1n) is 6.44. The second-order valence-corrected chi connectivity index (χ2v) is 6.55. The Morgan fingerprint density at radius 1 is 1.59 bits per heavy atom. The monoisotopic (exact) mass is 272 g/mol. The maximum Gasteiger partial charge on any atom is 0.0931 e. The third kappa shape index (κ3) is 3.22. The largest absolute Gasteiger partial charge is 0.329 e. The van der Waals surface area contributed by atoms with Gasteiger partial charge in [-0.05, 0) is 37.4 Å². The second kappa shape index (κ2) is 6.19. The van der Waals surface area contributed by atoms with E-state index in [1.54, 1.807) is 11.3 Å². The summed E-state index contributed by atoms with van der Waals surface area (Å²) in [4.78, 5) is 3.86. The smallest absolute Gasteiger partial charge is 0.0931 e. The average molecular weight is 273 g/mol. The summed E-state index contributed by atoms with van der Waals surface area (Å²) in [6.07, 6.45) is 3.95. The van der Waals surface area contributed by atoms with Crippen molar-refractivity contribution in [1.82, 2.24) is 4.90 Å². The van der Waals surface area contributed by atoms with Crippen LogP contribution in [0.1, 0.15) is 37.1 Å². The molecule has 1 aromatic rings. The lowest BCUT2D eigenvalue weighted by Crippen LogP contribution is -2.40. The standard InChI is InChI=1S/C13H21ClN2S/c1-2-10-4-3-7-16(9-10)11(8-15)12-5-6-13(14)17-12/h5-6,10-11H,2-4,7-9,15H2,1H3. The SMILES string of the molecule is CCC1CCCN(C(CN)c2ccc(Cl)s2)C1. The zero-order valence-corrected chi connectivity index (χ0v) is 11.9. The van der Waals surface area contributed by atoms with Gasteiger partial charge in [0.2, 0.25) is 0 Å². The first-order chi connectivity index (χ1) is 8.24. The quantitative estimate of drug-likeness (QED) is 0.909. The molecule has 2 atom stereocenters. The fourth-order valence-electron chi connectivity index (χ4n) is 2.67. The van der Waals surface area contributed by atoms with Gasteiger partial charge in [0.1, 0.15) is 0 Å². The van der Waals surface area contributed by atoms with Crippen LogP contribution in [0, 0.1) is 5.92 Å². The molecule has 2 nitrogen and oxygen atoms in total. The van der Waals surface area contributed by atoms with Gasteiger partial charge in [-0.1, -0.05) is 24.9 Å². The highest BCUT2D eigenvalue weighted by Crippen LogP contribution is 2.33. The molecule has 2 rings (SSSR count). The number of hydrogen-bond donors (Lipinski definition) is 1. The highest BCUT2D eigenvalue weighted by Gasteiger charge is 2.26. The number of likely N-dealkylation sites (tertiary alicyclic amines) is 1. The van der Waals surface area contributed by atoms with Crippen LogP contribution in [0.25, 0.3) is 0 Å². The molecule has 0 bridgehead atoms. The zero-order chi connectivity index (χ0) is 12.3. The topological polar surface area (TPSA) is 29.3 Å². The van der Waals surface area contributed by atoms with Crippen molar-refractivity contribution in [1.29, 1.82) is 0 Å². The molecule has 0 aromatic carbocycles. The van der Waals surface area contributed by atoms with E-state index in [1.807, 2.05) is 6.07 Å². The number of thiophene rings is 1. The number of halogens is 1. The van der Waals surface area contributed by atoms with Gasteiger partial charge in [-0.2, -0.15) is 0 Å². The second-order valence-electron chi connectivity index (χ2n) is 4.80. The highest BCUT2D eigenvalue weighted by atomic mass is 35.5. The van der Waals surface area contributed by atoms with E-state index in [4.69, 9.17) is 17.3 Å². The molecule has 0 saturated carbocycles. The van der Waals surface area contributed by atoms with E-state index in [1.165, 1.54) is 37.2 Å². The van der Waals surface area contributed by atoms with Crippen LogP contribution in [0.3, 0.4) is 0 Å². The van der Waals surface area contributed by atoms with E-state index in [0.717, 1.165) is 10.3 Å². The molecule has 0 aliphatic carbocycles. The normalized spacial score (nSPS) is 23.8. The minimum absolute atomic E-state index is 0.363. The minimum atomic E-state index is 0.363. The van der Waals surface area contributed by atoms with Gasteiger partial charge in [-0.15, -0.1) is 11.3 Å². The van der Waals surface area contributed by atoms with E-state index < -0.39 is 0 Å². The van der Waals surface area contributed by atoms with Gasteiger partial charge in [-0.3, -0.25) is 4.90 Å². The summed E-state index contributed by atoms with van der Waals surface area (Å²) >= 11 is 7.68. The van der Waals surface area contributed by atoms with Crippen LogP contribution in [-0.2, 0) is 0 Å². The molecular formula is C13H21ClN2S. The maximum atomic E-state index is 6.02. The van der Waals surface area contributed by atoms with Crippen molar-refractivity contribution in [2.45, 2.75) is 32.2 Å². The lowest BCUT2D eigenvalue weighted by atomic mass is 9.94. The highest BCUT2D eigenvalue weighted by molar-refractivity contribution is 7.16. The Balaban J connectivity index is 2.07. The Labute approximate surface area is 113 Å². The molecule has 2 heterocycles.